The van der Waals surface area contributed by atoms with Gasteiger partial charge in [-0.05, 0) is 37.8 Å². The van der Waals surface area contributed by atoms with Gasteiger partial charge >= 0.3 is 0 Å². The second kappa shape index (κ2) is 7.35. The van der Waals surface area contributed by atoms with Crippen LogP contribution in [0.4, 0.5) is 5.82 Å². The molecule has 0 radical (unpaired) electrons. The number of anilines is 1. The SMILES string of the molecule is O=C(NCC1CCCO1)C1CCN(c2ncnc3ccccc23)CC1. The first-order chi connectivity index (χ1) is 12.3. The van der Waals surface area contributed by atoms with Crippen LogP contribution in [0, 0.1) is 5.92 Å². The molecular weight excluding hydrogens is 316 g/mol. The van der Waals surface area contributed by atoms with Crippen LogP contribution in [0.5, 0.6) is 0 Å². The lowest BCUT2D eigenvalue weighted by molar-refractivity contribution is -0.126. The van der Waals surface area contributed by atoms with E-state index in [0.717, 1.165) is 62.1 Å². The van der Waals surface area contributed by atoms with E-state index in [2.05, 4.69) is 26.3 Å². The minimum Gasteiger partial charge on any atom is -0.376 e. The zero-order valence-corrected chi connectivity index (χ0v) is 14.4. The Morgan fingerprint density at radius 3 is 2.84 bits per heavy atom. The molecule has 3 heterocycles. The van der Waals surface area contributed by atoms with E-state index in [1.807, 2.05) is 18.2 Å². The summed E-state index contributed by atoms with van der Waals surface area (Å²) in [5.74, 6) is 1.23. The number of piperidine rings is 1. The van der Waals surface area contributed by atoms with Gasteiger partial charge in [0, 0.05) is 37.5 Å². The van der Waals surface area contributed by atoms with Gasteiger partial charge < -0.3 is 15.0 Å². The van der Waals surface area contributed by atoms with Crippen LogP contribution >= 0.6 is 0 Å². The lowest BCUT2D eigenvalue weighted by Gasteiger charge is -2.32. The molecule has 1 atom stereocenters. The van der Waals surface area contributed by atoms with Gasteiger partial charge in [-0.3, -0.25) is 4.79 Å². The largest absolute Gasteiger partial charge is 0.376 e. The normalized spacial score (nSPS) is 21.6. The zero-order chi connectivity index (χ0) is 17.1. The Bertz CT molecular complexity index is 732. The number of carbonyl (C=O) groups is 1. The fourth-order valence-electron chi connectivity index (χ4n) is 3.76. The number of fused-ring (bicyclic) bond motifs is 1. The zero-order valence-electron chi connectivity index (χ0n) is 14.4. The third kappa shape index (κ3) is 3.58. The van der Waals surface area contributed by atoms with E-state index in [9.17, 15) is 4.79 Å². The van der Waals surface area contributed by atoms with Crippen LogP contribution in [-0.2, 0) is 9.53 Å². The molecule has 0 spiro atoms. The molecule has 0 saturated carbocycles. The van der Waals surface area contributed by atoms with E-state index in [0.29, 0.717) is 6.54 Å². The summed E-state index contributed by atoms with van der Waals surface area (Å²) in [5.41, 5.74) is 0.962. The number of benzene rings is 1. The highest BCUT2D eigenvalue weighted by molar-refractivity contribution is 5.89. The van der Waals surface area contributed by atoms with Crippen molar-refractivity contribution in [3.63, 3.8) is 0 Å². The van der Waals surface area contributed by atoms with Crippen LogP contribution in [0.25, 0.3) is 10.9 Å². The van der Waals surface area contributed by atoms with E-state index in [1.54, 1.807) is 6.33 Å². The van der Waals surface area contributed by atoms with Gasteiger partial charge in [-0.15, -0.1) is 0 Å². The van der Waals surface area contributed by atoms with Crippen molar-refractivity contribution in [3.05, 3.63) is 30.6 Å². The van der Waals surface area contributed by atoms with Gasteiger partial charge in [-0.1, -0.05) is 12.1 Å². The van der Waals surface area contributed by atoms with Crippen LogP contribution in [0.3, 0.4) is 0 Å². The number of amides is 1. The van der Waals surface area contributed by atoms with Crippen molar-refractivity contribution in [2.75, 3.05) is 31.1 Å². The van der Waals surface area contributed by atoms with Gasteiger partial charge in [-0.25, -0.2) is 9.97 Å². The first-order valence-corrected chi connectivity index (χ1v) is 9.15. The van der Waals surface area contributed by atoms with Crippen LogP contribution < -0.4 is 10.2 Å². The van der Waals surface area contributed by atoms with Crippen molar-refractivity contribution < 1.29 is 9.53 Å². The quantitative estimate of drug-likeness (QED) is 0.924. The summed E-state index contributed by atoms with van der Waals surface area (Å²) in [6.07, 6.45) is 5.70. The smallest absolute Gasteiger partial charge is 0.223 e. The molecule has 2 fully saturated rings. The number of carbonyl (C=O) groups excluding carboxylic acids is 1. The summed E-state index contributed by atoms with van der Waals surface area (Å²) in [6, 6.07) is 8.07. The fraction of sp³-hybridized carbons (Fsp3) is 0.526. The molecule has 2 saturated heterocycles. The lowest BCUT2D eigenvalue weighted by atomic mass is 9.95. The highest BCUT2D eigenvalue weighted by Crippen LogP contribution is 2.27. The van der Waals surface area contributed by atoms with Crippen LogP contribution in [0.15, 0.2) is 30.6 Å². The van der Waals surface area contributed by atoms with E-state index in [-0.39, 0.29) is 17.9 Å². The Morgan fingerprint density at radius 1 is 1.20 bits per heavy atom. The topological polar surface area (TPSA) is 67.3 Å². The number of ether oxygens (including phenoxy) is 1. The highest BCUT2D eigenvalue weighted by Gasteiger charge is 2.27. The Kier molecular flexibility index (Phi) is 4.78. The van der Waals surface area contributed by atoms with Gasteiger partial charge in [0.2, 0.25) is 5.91 Å². The molecule has 2 aliphatic rings. The van der Waals surface area contributed by atoms with Gasteiger partial charge in [0.15, 0.2) is 0 Å². The Labute approximate surface area is 147 Å². The Balaban J connectivity index is 1.35. The maximum Gasteiger partial charge on any atom is 0.223 e. The molecule has 1 aromatic carbocycles. The molecule has 132 valence electrons. The first kappa shape index (κ1) is 16.3. The van der Waals surface area contributed by atoms with E-state index >= 15 is 0 Å². The maximum absolute atomic E-state index is 12.4. The molecule has 2 aromatic rings. The monoisotopic (exact) mass is 340 g/mol. The maximum atomic E-state index is 12.4. The molecule has 2 aliphatic heterocycles. The summed E-state index contributed by atoms with van der Waals surface area (Å²) in [4.78, 5) is 23.5. The molecule has 1 amide bonds. The molecule has 25 heavy (non-hydrogen) atoms. The summed E-state index contributed by atoms with van der Waals surface area (Å²) in [6.45, 7) is 3.17. The van der Waals surface area contributed by atoms with E-state index in [1.165, 1.54) is 0 Å². The van der Waals surface area contributed by atoms with Crippen molar-refractivity contribution in [3.8, 4) is 0 Å². The van der Waals surface area contributed by atoms with Crippen molar-refractivity contribution in [1.29, 1.82) is 0 Å². The Morgan fingerprint density at radius 2 is 2.04 bits per heavy atom. The number of aromatic nitrogens is 2. The molecule has 6 nitrogen and oxygen atoms in total. The van der Waals surface area contributed by atoms with Gasteiger partial charge in [-0.2, -0.15) is 0 Å². The van der Waals surface area contributed by atoms with E-state index < -0.39 is 0 Å². The molecular formula is C19H24N4O2. The third-order valence-electron chi connectivity index (χ3n) is 5.22. The molecule has 0 aliphatic carbocycles. The summed E-state index contributed by atoms with van der Waals surface area (Å²) in [7, 11) is 0. The number of hydrogen-bond acceptors (Lipinski definition) is 5. The predicted molar refractivity (Wildman–Crippen MR) is 96.5 cm³/mol. The van der Waals surface area contributed by atoms with Crippen LogP contribution in [0.1, 0.15) is 25.7 Å². The minimum absolute atomic E-state index is 0.0887. The molecule has 4 rings (SSSR count). The number of nitrogens with one attached hydrogen (secondary N) is 1. The first-order valence-electron chi connectivity index (χ1n) is 9.15. The summed E-state index contributed by atoms with van der Waals surface area (Å²) < 4.78 is 5.57. The van der Waals surface area contributed by atoms with Gasteiger partial charge in [0.1, 0.15) is 12.1 Å². The molecule has 0 bridgehead atoms. The molecule has 1 N–H and O–H groups in total. The standard InChI is InChI=1S/C19H24N4O2/c24-19(20-12-15-4-3-11-25-15)14-7-9-23(10-8-14)18-16-5-1-2-6-17(16)21-13-22-18/h1-2,5-6,13-15H,3-4,7-12H2,(H,20,24). The fourth-order valence-corrected chi connectivity index (χ4v) is 3.76. The average Bonchev–Trinajstić information content (AvgIpc) is 3.19. The van der Waals surface area contributed by atoms with Crippen molar-refractivity contribution in [2.45, 2.75) is 31.8 Å². The second-order valence-electron chi connectivity index (χ2n) is 6.86. The lowest BCUT2D eigenvalue weighted by Crippen LogP contribution is -2.42. The summed E-state index contributed by atoms with van der Waals surface area (Å²) in [5, 5.41) is 4.15. The molecule has 6 heteroatoms. The highest BCUT2D eigenvalue weighted by atomic mass is 16.5. The summed E-state index contributed by atoms with van der Waals surface area (Å²) >= 11 is 0. The van der Waals surface area contributed by atoms with Gasteiger partial charge in [0.25, 0.3) is 0 Å². The molecule has 1 aromatic heterocycles. The third-order valence-corrected chi connectivity index (χ3v) is 5.22. The number of nitrogens with zero attached hydrogens (tertiary/aromatic N) is 3. The van der Waals surface area contributed by atoms with Gasteiger partial charge in [0.05, 0.1) is 11.6 Å². The van der Waals surface area contributed by atoms with Crippen molar-refractivity contribution in [1.82, 2.24) is 15.3 Å². The number of rotatable bonds is 4. The van der Waals surface area contributed by atoms with Crippen molar-refractivity contribution >= 4 is 22.6 Å². The Hall–Kier alpha value is -2.21. The van der Waals surface area contributed by atoms with Crippen molar-refractivity contribution in [2.24, 2.45) is 5.92 Å². The minimum atomic E-state index is 0.0887. The molecule has 1 unspecified atom stereocenters. The van der Waals surface area contributed by atoms with Crippen LogP contribution in [0.2, 0.25) is 0 Å². The van der Waals surface area contributed by atoms with E-state index in [4.69, 9.17) is 4.74 Å². The second-order valence-corrected chi connectivity index (χ2v) is 6.86. The van der Waals surface area contributed by atoms with Crippen LogP contribution in [-0.4, -0.2) is 48.2 Å². The average molecular weight is 340 g/mol. The number of hydrogen-bond donors (Lipinski definition) is 1. The predicted octanol–water partition coefficient (Wildman–Crippen LogP) is 2.14. The number of para-hydroxylation sites is 1.